The Labute approximate surface area is 149 Å². The van der Waals surface area contributed by atoms with Gasteiger partial charge in [0.05, 0.1) is 12.2 Å². The molecule has 0 spiro atoms. The molecular weight excluding hydrogens is 316 g/mol. The van der Waals surface area contributed by atoms with Gasteiger partial charge in [0.2, 0.25) is 5.88 Å². The number of ether oxygens (including phenoxy) is 2. The molecule has 136 valence electrons. The topological polar surface area (TPSA) is 60.5 Å². The zero-order valence-corrected chi connectivity index (χ0v) is 15.2. The second kappa shape index (κ2) is 6.60. The standard InChI is InChI=1S/C20H28N2O3/c1-3-25-19-17(5-4-6-21-19)18(23)22-12-20(24-2)15-8-13-7-14(10-15)11-16(20)9-13/h4-6,13-16H,3,7-12H2,1-2H3,(H,22,23). The van der Waals surface area contributed by atoms with E-state index in [0.717, 1.165) is 11.8 Å². The van der Waals surface area contributed by atoms with Crippen molar-refractivity contribution in [2.75, 3.05) is 20.3 Å². The molecular formula is C20H28N2O3. The summed E-state index contributed by atoms with van der Waals surface area (Å²) in [6.07, 6.45) is 8.09. The van der Waals surface area contributed by atoms with Crippen LogP contribution in [0.5, 0.6) is 5.88 Å². The van der Waals surface area contributed by atoms with E-state index in [-0.39, 0.29) is 11.5 Å². The third kappa shape index (κ3) is 2.82. The minimum Gasteiger partial charge on any atom is -0.477 e. The van der Waals surface area contributed by atoms with Gasteiger partial charge >= 0.3 is 0 Å². The lowest BCUT2D eigenvalue weighted by atomic mass is 9.49. The molecule has 25 heavy (non-hydrogen) atoms. The van der Waals surface area contributed by atoms with Crippen LogP contribution in [0.15, 0.2) is 18.3 Å². The number of nitrogens with zero attached hydrogens (tertiary/aromatic N) is 1. The number of rotatable bonds is 6. The van der Waals surface area contributed by atoms with Crippen LogP contribution in [-0.2, 0) is 4.74 Å². The van der Waals surface area contributed by atoms with Crippen molar-refractivity contribution < 1.29 is 14.3 Å². The molecule has 1 amide bonds. The monoisotopic (exact) mass is 344 g/mol. The fourth-order valence-corrected chi connectivity index (χ4v) is 5.81. The van der Waals surface area contributed by atoms with Crippen molar-refractivity contribution >= 4 is 5.91 Å². The molecule has 0 aliphatic heterocycles. The van der Waals surface area contributed by atoms with Gasteiger partial charge in [-0.3, -0.25) is 4.79 Å². The molecule has 0 unspecified atom stereocenters. The Morgan fingerprint density at radius 2 is 1.92 bits per heavy atom. The van der Waals surface area contributed by atoms with Crippen LogP contribution in [-0.4, -0.2) is 36.8 Å². The Morgan fingerprint density at radius 1 is 1.24 bits per heavy atom. The second-order valence-electron chi connectivity index (χ2n) is 7.94. The molecule has 5 rings (SSSR count). The van der Waals surface area contributed by atoms with E-state index in [0.29, 0.717) is 36.4 Å². The van der Waals surface area contributed by atoms with Crippen LogP contribution in [0.1, 0.15) is 49.4 Å². The average molecular weight is 344 g/mol. The van der Waals surface area contributed by atoms with E-state index in [4.69, 9.17) is 9.47 Å². The van der Waals surface area contributed by atoms with Crippen LogP contribution in [0.25, 0.3) is 0 Å². The lowest BCUT2D eigenvalue weighted by molar-refractivity contribution is -0.186. The number of carbonyl (C=O) groups excluding carboxylic acids is 1. The molecule has 0 atom stereocenters. The number of amides is 1. The Bertz CT molecular complexity index is 618. The summed E-state index contributed by atoms with van der Waals surface area (Å²) in [6, 6.07) is 3.54. The van der Waals surface area contributed by atoms with Crippen LogP contribution in [0.2, 0.25) is 0 Å². The largest absolute Gasteiger partial charge is 0.477 e. The highest BCUT2D eigenvalue weighted by Gasteiger charge is 2.57. The Morgan fingerprint density at radius 3 is 2.52 bits per heavy atom. The van der Waals surface area contributed by atoms with Crippen LogP contribution < -0.4 is 10.1 Å². The smallest absolute Gasteiger partial charge is 0.256 e. The predicted octanol–water partition coefficient (Wildman–Crippen LogP) is 3.05. The summed E-state index contributed by atoms with van der Waals surface area (Å²) in [5.41, 5.74) is 0.302. The van der Waals surface area contributed by atoms with E-state index in [2.05, 4.69) is 10.3 Å². The fourth-order valence-electron chi connectivity index (χ4n) is 5.81. The molecule has 1 N–H and O–H groups in total. The molecule has 5 nitrogen and oxygen atoms in total. The van der Waals surface area contributed by atoms with Gasteiger partial charge in [-0.2, -0.15) is 0 Å². The minimum atomic E-state index is -0.197. The highest BCUT2D eigenvalue weighted by molar-refractivity contribution is 5.96. The molecule has 4 saturated carbocycles. The summed E-state index contributed by atoms with van der Waals surface area (Å²) in [7, 11) is 1.82. The third-order valence-corrected chi connectivity index (χ3v) is 6.72. The van der Waals surface area contributed by atoms with Gasteiger partial charge in [0.15, 0.2) is 0 Å². The first-order chi connectivity index (χ1) is 12.2. The molecule has 4 bridgehead atoms. The van der Waals surface area contributed by atoms with Gasteiger partial charge in [0, 0.05) is 19.9 Å². The van der Waals surface area contributed by atoms with Crippen molar-refractivity contribution in [3.05, 3.63) is 23.9 Å². The number of hydrogen-bond donors (Lipinski definition) is 1. The molecule has 4 aliphatic carbocycles. The molecule has 4 aliphatic rings. The lowest BCUT2D eigenvalue weighted by Gasteiger charge is -2.60. The summed E-state index contributed by atoms with van der Waals surface area (Å²) in [5, 5.41) is 3.13. The van der Waals surface area contributed by atoms with Gasteiger partial charge in [0.25, 0.3) is 5.91 Å². The Kier molecular flexibility index (Phi) is 4.44. The molecule has 1 heterocycles. The van der Waals surface area contributed by atoms with Crippen LogP contribution >= 0.6 is 0 Å². The van der Waals surface area contributed by atoms with Crippen LogP contribution in [0.4, 0.5) is 0 Å². The minimum absolute atomic E-state index is 0.123. The van der Waals surface area contributed by atoms with E-state index >= 15 is 0 Å². The molecule has 0 aromatic carbocycles. The van der Waals surface area contributed by atoms with Crippen molar-refractivity contribution in [2.24, 2.45) is 23.7 Å². The van der Waals surface area contributed by atoms with E-state index in [9.17, 15) is 4.79 Å². The summed E-state index contributed by atoms with van der Waals surface area (Å²) < 4.78 is 11.6. The lowest BCUT2D eigenvalue weighted by Crippen LogP contribution is -2.63. The Hall–Kier alpha value is -1.62. The van der Waals surface area contributed by atoms with Gasteiger partial charge in [-0.05, 0) is 74.8 Å². The number of methoxy groups -OCH3 is 1. The van der Waals surface area contributed by atoms with Crippen molar-refractivity contribution in [3.8, 4) is 5.88 Å². The van der Waals surface area contributed by atoms with E-state index < -0.39 is 0 Å². The maximum atomic E-state index is 12.7. The summed E-state index contributed by atoms with van der Waals surface area (Å²) in [4.78, 5) is 16.9. The molecule has 4 fully saturated rings. The van der Waals surface area contributed by atoms with Crippen molar-refractivity contribution in [1.29, 1.82) is 0 Å². The normalized spacial score (nSPS) is 35.6. The molecule has 0 saturated heterocycles. The van der Waals surface area contributed by atoms with Crippen LogP contribution in [0.3, 0.4) is 0 Å². The molecule has 1 aromatic rings. The van der Waals surface area contributed by atoms with Crippen molar-refractivity contribution in [2.45, 2.75) is 44.6 Å². The first kappa shape index (κ1) is 16.8. The fraction of sp³-hybridized carbons (Fsp3) is 0.700. The second-order valence-corrected chi connectivity index (χ2v) is 7.94. The number of aromatic nitrogens is 1. The average Bonchev–Trinajstić information content (AvgIpc) is 2.62. The highest BCUT2D eigenvalue weighted by Crippen LogP contribution is 2.59. The molecule has 0 radical (unpaired) electrons. The van der Waals surface area contributed by atoms with Gasteiger partial charge < -0.3 is 14.8 Å². The third-order valence-electron chi connectivity index (χ3n) is 6.72. The zero-order valence-electron chi connectivity index (χ0n) is 15.2. The van der Waals surface area contributed by atoms with Crippen LogP contribution in [0, 0.1) is 23.7 Å². The number of pyridine rings is 1. The first-order valence-electron chi connectivity index (χ1n) is 9.57. The Balaban J connectivity index is 1.49. The quantitative estimate of drug-likeness (QED) is 0.862. The molecule has 1 aromatic heterocycles. The highest BCUT2D eigenvalue weighted by atomic mass is 16.5. The first-order valence-corrected chi connectivity index (χ1v) is 9.57. The van der Waals surface area contributed by atoms with Gasteiger partial charge in [-0.1, -0.05) is 0 Å². The van der Waals surface area contributed by atoms with Crippen molar-refractivity contribution in [1.82, 2.24) is 10.3 Å². The number of hydrogen-bond acceptors (Lipinski definition) is 4. The van der Waals surface area contributed by atoms with E-state index in [1.165, 1.54) is 32.1 Å². The summed E-state index contributed by atoms with van der Waals surface area (Å²) in [5.74, 6) is 3.19. The van der Waals surface area contributed by atoms with Gasteiger partial charge in [-0.25, -0.2) is 4.98 Å². The summed E-state index contributed by atoms with van der Waals surface area (Å²) in [6.45, 7) is 2.97. The maximum Gasteiger partial charge on any atom is 0.256 e. The molecule has 5 heteroatoms. The zero-order chi connectivity index (χ0) is 17.4. The van der Waals surface area contributed by atoms with E-state index in [1.54, 1.807) is 18.3 Å². The predicted molar refractivity (Wildman–Crippen MR) is 94.5 cm³/mol. The summed E-state index contributed by atoms with van der Waals surface area (Å²) >= 11 is 0. The van der Waals surface area contributed by atoms with E-state index in [1.807, 2.05) is 14.0 Å². The number of nitrogens with one attached hydrogen (secondary N) is 1. The van der Waals surface area contributed by atoms with Crippen molar-refractivity contribution in [3.63, 3.8) is 0 Å². The maximum absolute atomic E-state index is 12.7. The van der Waals surface area contributed by atoms with Gasteiger partial charge in [0.1, 0.15) is 5.56 Å². The SMILES string of the molecule is CCOc1ncccc1C(=O)NCC1(OC)C2CC3CC(C2)CC1C3. The van der Waals surface area contributed by atoms with Gasteiger partial charge in [-0.15, -0.1) is 0 Å². The number of carbonyl (C=O) groups is 1.